The Morgan fingerprint density at radius 1 is 1.15 bits per heavy atom. The first-order valence-corrected chi connectivity index (χ1v) is 11.4. The second-order valence-electron chi connectivity index (χ2n) is 8.91. The number of imidazole rings is 1. The number of aromatic nitrogens is 4. The maximum absolute atomic E-state index is 13.0. The second-order valence-corrected chi connectivity index (χ2v) is 8.91. The van der Waals surface area contributed by atoms with Gasteiger partial charge in [0.25, 0.3) is 11.5 Å². The first-order chi connectivity index (χ1) is 16.0. The number of H-pyrrole nitrogens is 1. The zero-order valence-corrected chi connectivity index (χ0v) is 18.7. The van der Waals surface area contributed by atoms with Gasteiger partial charge in [0, 0.05) is 29.6 Å². The van der Waals surface area contributed by atoms with Crippen LogP contribution in [0.4, 0.5) is 0 Å². The third-order valence-corrected chi connectivity index (χ3v) is 6.26. The predicted octanol–water partition coefficient (Wildman–Crippen LogP) is 3.81. The van der Waals surface area contributed by atoms with Gasteiger partial charge in [-0.2, -0.15) is 5.10 Å². The number of ether oxygens (including phenoxy) is 1. The zero-order chi connectivity index (χ0) is 22.9. The lowest BCUT2D eigenvalue weighted by Gasteiger charge is -2.29. The maximum Gasteiger partial charge on any atom is 0.272 e. The van der Waals surface area contributed by atoms with E-state index < -0.39 is 0 Å². The molecule has 1 aliphatic rings. The first-order valence-electron chi connectivity index (χ1n) is 11.4. The van der Waals surface area contributed by atoms with Crippen molar-refractivity contribution in [2.75, 3.05) is 0 Å². The molecule has 0 atom stereocenters. The van der Waals surface area contributed by atoms with Crippen LogP contribution >= 0.6 is 0 Å². The van der Waals surface area contributed by atoms with Crippen LogP contribution in [0.3, 0.4) is 0 Å². The van der Waals surface area contributed by atoms with E-state index in [9.17, 15) is 9.59 Å². The molecule has 5 rings (SSSR count). The molecule has 0 spiro atoms. The van der Waals surface area contributed by atoms with E-state index in [1.165, 1.54) is 0 Å². The maximum atomic E-state index is 13.0. The normalized spacial score (nSPS) is 18.6. The van der Waals surface area contributed by atoms with Crippen LogP contribution in [-0.2, 0) is 0 Å². The van der Waals surface area contributed by atoms with Crippen molar-refractivity contribution in [3.05, 3.63) is 70.5 Å². The fourth-order valence-electron chi connectivity index (χ4n) is 4.69. The average molecular weight is 446 g/mol. The molecule has 1 fully saturated rings. The van der Waals surface area contributed by atoms with Crippen molar-refractivity contribution in [2.24, 2.45) is 0 Å². The largest absolute Gasteiger partial charge is 0.491 e. The molecule has 2 N–H and O–H groups in total. The van der Waals surface area contributed by atoms with E-state index in [1.807, 2.05) is 56.4 Å². The Morgan fingerprint density at radius 2 is 1.91 bits per heavy atom. The lowest BCUT2D eigenvalue weighted by Crippen LogP contribution is -2.38. The van der Waals surface area contributed by atoms with Gasteiger partial charge in [0.1, 0.15) is 17.1 Å². The molecular weight excluding hydrogens is 418 g/mol. The number of nitrogens with one attached hydrogen (secondary N) is 2. The number of benzene rings is 1. The van der Waals surface area contributed by atoms with Crippen molar-refractivity contribution in [2.45, 2.75) is 57.6 Å². The van der Waals surface area contributed by atoms with Crippen molar-refractivity contribution in [3.8, 4) is 5.75 Å². The molecule has 1 amide bonds. The Kier molecular flexibility index (Phi) is 5.58. The Labute approximate surface area is 191 Å². The first kappa shape index (κ1) is 21.2. The van der Waals surface area contributed by atoms with Crippen LogP contribution < -0.4 is 15.6 Å². The minimum Gasteiger partial charge on any atom is -0.491 e. The molecule has 8 nitrogen and oxygen atoms in total. The van der Waals surface area contributed by atoms with Crippen LogP contribution in [0.5, 0.6) is 5.75 Å². The number of hydrogen-bond acceptors (Lipinski definition) is 5. The highest BCUT2D eigenvalue weighted by Gasteiger charge is 2.27. The van der Waals surface area contributed by atoms with Gasteiger partial charge in [0.2, 0.25) is 0 Å². The smallest absolute Gasteiger partial charge is 0.272 e. The third-order valence-electron chi connectivity index (χ3n) is 6.26. The number of rotatable bonds is 5. The van der Waals surface area contributed by atoms with Crippen molar-refractivity contribution in [3.63, 3.8) is 0 Å². The molecule has 3 aromatic heterocycles. The Bertz CT molecular complexity index is 1370. The minimum absolute atomic E-state index is 0.0737. The fourth-order valence-corrected chi connectivity index (χ4v) is 4.69. The third kappa shape index (κ3) is 4.20. The summed E-state index contributed by atoms with van der Waals surface area (Å²) < 4.78 is 7.50. The summed E-state index contributed by atoms with van der Waals surface area (Å²) in [7, 11) is 0. The molecule has 0 radical (unpaired) electrons. The molecule has 33 heavy (non-hydrogen) atoms. The van der Waals surface area contributed by atoms with E-state index in [4.69, 9.17) is 4.74 Å². The van der Waals surface area contributed by atoms with E-state index in [0.717, 1.165) is 42.5 Å². The molecule has 0 aliphatic heterocycles. The second kappa shape index (κ2) is 8.69. The number of nitrogens with zero attached hydrogens (tertiary/aromatic N) is 3. The molecule has 0 saturated heterocycles. The molecule has 1 aliphatic carbocycles. The van der Waals surface area contributed by atoms with Gasteiger partial charge in [-0.05, 0) is 51.7 Å². The number of amides is 1. The fraction of sp³-hybridized carbons (Fsp3) is 0.360. The van der Waals surface area contributed by atoms with Gasteiger partial charge in [-0.15, -0.1) is 0 Å². The standard InChI is InChI=1S/C25H27N5O3/c1-15(2)33-18-11-12-30-21(14-26-22(30)13-18)25(32)27-17-9-7-16(8-10-17)23-19-5-3-4-6-20(19)24(31)29-28-23/h3-6,11-17H,7-10H2,1-2H3,(H,27,32)(H,29,31)/t16-,17-. The summed E-state index contributed by atoms with van der Waals surface area (Å²) in [5, 5.41) is 11.8. The number of hydrogen-bond donors (Lipinski definition) is 2. The highest BCUT2D eigenvalue weighted by molar-refractivity contribution is 5.93. The molecule has 8 heteroatoms. The van der Waals surface area contributed by atoms with Gasteiger partial charge in [-0.3, -0.25) is 14.0 Å². The molecule has 4 aromatic rings. The SMILES string of the molecule is CC(C)Oc1ccn2c(C(=O)N[C@H]3CC[C@H](c4n[nH]c(=O)c5ccccc54)CC3)cnc2c1. The summed E-state index contributed by atoms with van der Waals surface area (Å²) in [6.07, 6.45) is 7.01. The number of aromatic amines is 1. The Balaban J connectivity index is 1.26. The topological polar surface area (TPSA) is 101 Å². The predicted molar refractivity (Wildman–Crippen MR) is 126 cm³/mol. The van der Waals surface area contributed by atoms with Crippen molar-refractivity contribution < 1.29 is 9.53 Å². The van der Waals surface area contributed by atoms with E-state index in [0.29, 0.717) is 16.7 Å². The van der Waals surface area contributed by atoms with Gasteiger partial charge in [0.05, 0.1) is 23.4 Å². The quantitative estimate of drug-likeness (QED) is 0.486. The van der Waals surface area contributed by atoms with Crippen molar-refractivity contribution in [1.29, 1.82) is 0 Å². The van der Waals surface area contributed by atoms with Crippen LogP contribution in [0.25, 0.3) is 16.4 Å². The van der Waals surface area contributed by atoms with E-state index in [1.54, 1.807) is 10.6 Å². The lowest BCUT2D eigenvalue weighted by molar-refractivity contribution is 0.0919. The van der Waals surface area contributed by atoms with E-state index in [-0.39, 0.29) is 29.5 Å². The summed E-state index contributed by atoms with van der Waals surface area (Å²) in [6.45, 7) is 3.94. The Morgan fingerprint density at radius 3 is 2.67 bits per heavy atom. The van der Waals surface area contributed by atoms with Crippen LogP contribution in [0.2, 0.25) is 0 Å². The summed E-state index contributed by atoms with van der Waals surface area (Å²) >= 11 is 0. The minimum atomic E-state index is -0.161. The van der Waals surface area contributed by atoms with Crippen molar-refractivity contribution >= 4 is 22.3 Å². The van der Waals surface area contributed by atoms with Crippen LogP contribution in [0.1, 0.15) is 61.6 Å². The number of carbonyl (C=O) groups excluding carboxylic acids is 1. The Hall–Kier alpha value is -3.68. The summed E-state index contributed by atoms with van der Waals surface area (Å²) in [5.41, 5.74) is 1.97. The number of pyridine rings is 1. The van der Waals surface area contributed by atoms with Crippen molar-refractivity contribution in [1.82, 2.24) is 24.9 Å². The molecule has 3 heterocycles. The summed E-state index contributed by atoms with van der Waals surface area (Å²) in [6, 6.07) is 11.4. The van der Waals surface area contributed by atoms with E-state index >= 15 is 0 Å². The van der Waals surface area contributed by atoms with Gasteiger partial charge < -0.3 is 10.1 Å². The van der Waals surface area contributed by atoms with Gasteiger partial charge >= 0.3 is 0 Å². The molecule has 170 valence electrons. The number of carbonyl (C=O) groups is 1. The van der Waals surface area contributed by atoms with Gasteiger partial charge in [-0.25, -0.2) is 10.1 Å². The molecule has 1 aromatic carbocycles. The molecule has 1 saturated carbocycles. The average Bonchev–Trinajstić information content (AvgIpc) is 3.23. The van der Waals surface area contributed by atoms with E-state index in [2.05, 4.69) is 20.5 Å². The lowest BCUT2D eigenvalue weighted by atomic mass is 9.82. The monoisotopic (exact) mass is 445 g/mol. The molecular formula is C25H27N5O3. The highest BCUT2D eigenvalue weighted by atomic mass is 16.5. The number of fused-ring (bicyclic) bond motifs is 2. The molecule has 0 unspecified atom stereocenters. The van der Waals surface area contributed by atoms with Crippen LogP contribution in [0.15, 0.2) is 53.6 Å². The summed E-state index contributed by atoms with van der Waals surface area (Å²) in [5.74, 6) is 0.864. The zero-order valence-electron chi connectivity index (χ0n) is 18.7. The van der Waals surface area contributed by atoms with Crippen LogP contribution in [0, 0.1) is 0 Å². The molecule has 0 bridgehead atoms. The van der Waals surface area contributed by atoms with Crippen LogP contribution in [-0.4, -0.2) is 37.6 Å². The highest BCUT2D eigenvalue weighted by Crippen LogP contribution is 2.34. The van der Waals surface area contributed by atoms with Gasteiger partial charge in [0.15, 0.2) is 0 Å². The van der Waals surface area contributed by atoms with Gasteiger partial charge in [-0.1, -0.05) is 18.2 Å². The summed E-state index contributed by atoms with van der Waals surface area (Å²) in [4.78, 5) is 29.4.